The van der Waals surface area contributed by atoms with Crippen molar-refractivity contribution in [3.05, 3.63) is 45.6 Å². The molecule has 0 spiro atoms. The number of hydrogen-bond acceptors (Lipinski definition) is 1. The van der Waals surface area contributed by atoms with Crippen molar-refractivity contribution in [2.75, 3.05) is 0 Å². The van der Waals surface area contributed by atoms with Crippen LogP contribution in [-0.2, 0) is 0 Å². The van der Waals surface area contributed by atoms with Crippen LogP contribution in [0.25, 0.3) is 11.1 Å². The minimum absolute atomic E-state index is 0.608. The van der Waals surface area contributed by atoms with Gasteiger partial charge in [-0.05, 0) is 53.5 Å². The average molecular weight is 230 g/mol. The number of rotatable bonds is 2. The van der Waals surface area contributed by atoms with Gasteiger partial charge < -0.3 is 0 Å². The summed E-state index contributed by atoms with van der Waals surface area (Å²) in [5.74, 6) is 0.608. The SMILES string of the molecule is Cc1cc(-c2ccc(C(C)C)cc2C)cs1. The Labute approximate surface area is 102 Å². The number of thiophene rings is 1. The predicted molar refractivity (Wildman–Crippen MR) is 73.3 cm³/mol. The maximum Gasteiger partial charge on any atom is 0.00205 e. The summed E-state index contributed by atoms with van der Waals surface area (Å²) in [6, 6.07) is 9.08. The lowest BCUT2D eigenvalue weighted by Gasteiger charge is -2.09. The molecule has 0 fully saturated rings. The summed E-state index contributed by atoms with van der Waals surface area (Å²) >= 11 is 1.82. The van der Waals surface area contributed by atoms with Gasteiger partial charge in [-0.15, -0.1) is 11.3 Å². The summed E-state index contributed by atoms with van der Waals surface area (Å²) in [7, 11) is 0. The first-order valence-corrected chi connectivity index (χ1v) is 6.62. The third kappa shape index (κ3) is 2.19. The maximum absolute atomic E-state index is 2.31. The van der Waals surface area contributed by atoms with Crippen molar-refractivity contribution in [1.82, 2.24) is 0 Å². The first-order chi connectivity index (χ1) is 7.58. The lowest BCUT2D eigenvalue weighted by molar-refractivity contribution is 0.865. The highest BCUT2D eigenvalue weighted by Crippen LogP contribution is 2.29. The van der Waals surface area contributed by atoms with Crippen molar-refractivity contribution in [2.45, 2.75) is 33.6 Å². The smallest absolute Gasteiger partial charge is 0.00205 e. The van der Waals surface area contributed by atoms with E-state index >= 15 is 0 Å². The van der Waals surface area contributed by atoms with Crippen LogP contribution < -0.4 is 0 Å². The molecule has 0 aliphatic carbocycles. The number of aryl methyl sites for hydroxylation is 2. The summed E-state index contributed by atoms with van der Waals surface area (Å²) in [6.45, 7) is 8.84. The summed E-state index contributed by atoms with van der Waals surface area (Å²) < 4.78 is 0. The van der Waals surface area contributed by atoms with Crippen LogP contribution in [0.4, 0.5) is 0 Å². The highest BCUT2D eigenvalue weighted by Gasteiger charge is 2.06. The third-order valence-electron chi connectivity index (χ3n) is 2.96. The van der Waals surface area contributed by atoms with Crippen LogP contribution in [0.5, 0.6) is 0 Å². The van der Waals surface area contributed by atoms with Crippen LogP contribution in [0.3, 0.4) is 0 Å². The Morgan fingerprint density at radius 3 is 2.31 bits per heavy atom. The molecule has 0 saturated heterocycles. The van der Waals surface area contributed by atoms with Crippen LogP contribution in [0.1, 0.15) is 35.8 Å². The van der Waals surface area contributed by atoms with Crippen LogP contribution in [0, 0.1) is 13.8 Å². The molecule has 0 unspecified atom stereocenters. The molecule has 84 valence electrons. The van der Waals surface area contributed by atoms with Gasteiger partial charge in [0, 0.05) is 4.88 Å². The van der Waals surface area contributed by atoms with E-state index in [-0.39, 0.29) is 0 Å². The molecular formula is C15H18S. The molecule has 0 amide bonds. The van der Waals surface area contributed by atoms with E-state index < -0.39 is 0 Å². The molecule has 0 atom stereocenters. The van der Waals surface area contributed by atoms with Crippen molar-refractivity contribution < 1.29 is 0 Å². The topological polar surface area (TPSA) is 0 Å². The van der Waals surface area contributed by atoms with E-state index in [4.69, 9.17) is 0 Å². The van der Waals surface area contributed by atoms with Gasteiger partial charge in [-0.25, -0.2) is 0 Å². The zero-order chi connectivity index (χ0) is 11.7. The highest BCUT2D eigenvalue weighted by molar-refractivity contribution is 7.10. The molecule has 0 aliphatic rings. The molecule has 2 rings (SSSR count). The molecule has 16 heavy (non-hydrogen) atoms. The lowest BCUT2D eigenvalue weighted by Crippen LogP contribution is -1.89. The molecule has 1 heterocycles. The van der Waals surface area contributed by atoms with E-state index in [9.17, 15) is 0 Å². The van der Waals surface area contributed by atoms with Crippen LogP contribution in [0.15, 0.2) is 29.6 Å². The Bertz CT molecular complexity index is 492. The highest BCUT2D eigenvalue weighted by atomic mass is 32.1. The minimum Gasteiger partial charge on any atom is -0.149 e. The van der Waals surface area contributed by atoms with Gasteiger partial charge in [0.25, 0.3) is 0 Å². The second-order valence-corrected chi connectivity index (χ2v) is 5.79. The Morgan fingerprint density at radius 1 is 1.06 bits per heavy atom. The summed E-state index contributed by atoms with van der Waals surface area (Å²) in [6.07, 6.45) is 0. The zero-order valence-electron chi connectivity index (χ0n) is 10.4. The largest absolute Gasteiger partial charge is 0.149 e. The Balaban J connectivity index is 2.44. The average Bonchev–Trinajstić information content (AvgIpc) is 2.64. The van der Waals surface area contributed by atoms with Crippen molar-refractivity contribution in [3.63, 3.8) is 0 Å². The van der Waals surface area contributed by atoms with E-state index in [1.165, 1.54) is 27.1 Å². The molecule has 0 saturated carbocycles. The van der Waals surface area contributed by atoms with Crippen molar-refractivity contribution >= 4 is 11.3 Å². The fraction of sp³-hybridized carbons (Fsp3) is 0.333. The standard InChI is InChI=1S/C15H18S/c1-10(2)13-5-6-15(11(3)7-13)14-8-12(4)16-9-14/h5-10H,1-4H3. The Kier molecular flexibility index (Phi) is 3.15. The van der Waals surface area contributed by atoms with E-state index in [2.05, 4.69) is 57.3 Å². The van der Waals surface area contributed by atoms with Crippen molar-refractivity contribution in [2.24, 2.45) is 0 Å². The van der Waals surface area contributed by atoms with Gasteiger partial charge >= 0.3 is 0 Å². The fourth-order valence-electron chi connectivity index (χ4n) is 1.95. The Morgan fingerprint density at radius 2 is 1.81 bits per heavy atom. The van der Waals surface area contributed by atoms with Gasteiger partial charge in [0.2, 0.25) is 0 Å². The van der Waals surface area contributed by atoms with Crippen LogP contribution in [0.2, 0.25) is 0 Å². The normalized spacial score (nSPS) is 11.1. The summed E-state index contributed by atoms with van der Waals surface area (Å²) in [4.78, 5) is 1.38. The third-order valence-corrected chi connectivity index (χ3v) is 3.82. The molecule has 1 heteroatoms. The summed E-state index contributed by atoms with van der Waals surface area (Å²) in [5.41, 5.74) is 5.53. The minimum atomic E-state index is 0.608. The van der Waals surface area contributed by atoms with Gasteiger partial charge in [0.15, 0.2) is 0 Å². The molecule has 0 bridgehead atoms. The molecule has 2 aromatic rings. The molecule has 0 N–H and O–H groups in total. The van der Waals surface area contributed by atoms with Gasteiger partial charge in [0.05, 0.1) is 0 Å². The van der Waals surface area contributed by atoms with Crippen LogP contribution >= 0.6 is 11.3 Å². The van der Waals surface area contributed by atoms with Gasteiger partial charge in [-0.1, -0.05) is 32.0 Å². The number of hydrogen-bond donors (Lipinski definition) is 0. The zero-order valence-corrected chi connectivity index (χ0v) is 11.2. The van der Waals surface area contributed by atoms with E-state index in [0.717, 1.165) is 0 Å². The molecule has 0 radical (unpaired) electrons. The second-order valence-electron chi connectivity index (χ2n) is 4.68. The molecule has 0 aliphatic heterocycles. The van der Waals surface area contributed by atoms with Crippen molar-refractivity contribution in [3.8, 4) is 11.1 Å². The van der Waals surface area contributed by atoms with Crippen molar-refractivity contribution in [1.29, 1.82) is 0 Å². The van der Waals surface area contributed by atoms with Crippen LogP contribution in [-0.4, -0.2) is 0 Å². The van der Waals surface area contributed by atoms with Gasteiger partial charge in [-0.3, -0.25) is 0 Å². The molecule has 0 nitrogen and oxygen atoms in total. The second kappa shape index (κ2) is 4.42. The quantitative estimate of drug-likeness (QED) is 0.669. The molecular weight excluding hydrogens is 212 g/mol. The predicted octanol–water partition coefficient (Wildman–Crippen LogP) is 5.16. The maximum atomic E-state index is 2.31. The molecule has 1 aromatic carbocycles. The monoisotopic (exact) mass is 230 g/mol. The van der Waals surface area contributed by atoms with E-state index in [1.807, 2.05) is 11.3 Å². The molecule has 1 aromatic heterocycles. The van der Waals surface area contributed by atoms with E-state index in [0.29, 0.717) is 5.92 Å². The first-order valence-electron chi connectivity index (χ1n) is 5.74. The van der Waals surface area contributed by atoms with E-state index in [1.54, 1.807) is 0 Å². The first kappa shape index (κ1) is 11.4. The van der Waals surface area contributed by atoms with Gasteiger partial charge in [-0.2, -0.15) is 0 Å². The fourth-order valence-corrected chi connectivity index (χ4v) is 2.66. The number of benzene rings is 1. The van der Waals surface area contributed by atoms with Gasteiger partial charge in [0.1, 0.15) is 0 Å². The summed E-state index contributed by atoms with van der Waals surface area (Å²) in [5, 5.41) is 2.24. The Hall–Kier alpha value is -1.08. The lowest BCUT2D eigenvalue weighted by atomic mass is 9.95.